The third-order valence-corrected chi connectivity index (χ3v) is 6.72. The van der Waals surface area contributed by atoms with E-state index in [-0.39, 0.29) is 6.42 Å². The molecule has 0 bridgehead atoms. The fourth-order valence-electron chi connectivity index (χ4n) is 4.59. The van der Waals surface area contributed by atoms with Gasteiger partial charge in [0.15, 0.2) is 6.10 Å². The summed E-state index contributed by atoms with van der Waals surface area (Å²) in [6.45, 7) is -2.53. The zero-order valence-electron chi connectivity index (χ0n) is 19.7. The summed E-state index contributed by atoms with van der Waals surface area (Å²) < 4.78 is 21.8. The van der Waals surface area contributed by atoms with Gasteiger partial charge < -0.3 is 65.4 Å². The van der Waals surface area contributed by atoms with Crippen LogP contribution in [0.5, 0.6) is 0 Å². The average Bonchev–Trinajstić information content (AvgIpc) is 3.42. The summed E-state index contributed by atoms with van der Waals surface area (Å²) in [6.07, 6.45) is -11.6. The molecule has 0 radical (unpaired) electrons. The lowest BCUT2D eigenvalue weighted by Crippen LogP contribution is -2.64. The Kier molecular flexibility index (Phi) is 8.47. The van der Waals surface area contributed by atoms with E-state index >= 15 is 0 Å². The number of carbonyl (C=O) groups is 1. The number of aliphatic hydroxyl groups excluding tert-OH is 7. The zero-order chi connectivity index (χ0) is 26.9. The molecular formula is C23H32N2O12. The topological polar surface area (TPSA) is 237 Å². The van der Waals surface area contributed by atoms with Gasteiger partial charge in [-0.1, -0.05) is 18.2 Å². The van der Waals surface area contributed by atoms with E-state index in [4.69, 9.17) is 24.7 Å². The summed E-state index contributed by atoms with van der Waals surface area (Å²) in [5, 5.41) is 71.3. The molecule has 37 heavy (non-hydrogen) atoms. The first-order valence-corrected chi connectivity index (χ1v) is 11.7. The lowest BCUT2D eigenvalue weighted by atomic mass is 9.98. The van der Waals surface area contributed by atoms with Gasteiger partial charge >= 0.3 is 5.97 Å². The van der Waals surface area contributed by atoms with Crippen LogP contribution in [0.25, 0.3) is 10.9 Å². The quantitative estimate of drug-likeness (QED) is 0.142. The molecule has 0 aliphatic carbocycles. The van der Waals surface area contributed by atoms with E-state index in [1.165, 1.54) is 0 Å². The minimum absolute atomic E-state index is 0.0621. The fourth-order valence-corrected chi connectivity index (χ4v) is 4.59. The standard InChI is InChI=1S/C23H32N2O12/c24-12(5-10-6-25-13-4-2-1-3-11(10)13)21(33)35-19-18(31)16(29)14(7-26)34-22(19)37-23(9-28)20(32)17(30)15(8-27)36-23/h1-4,6,12,14-20,22,25-32H,5,7-9,24H2. The summed E-state index contributed by atoms with van der Waals surface area (Å²) in [5.41, 5.74) is 7.65. The van der Waals surface area contributed by atoms with Gasteiger partial charge in [0, 0.05) is 23.5 Å². The molecule has 1 aromatic carbocycles. The first-order valence-electron chi connectivity index (χ1n) is 11.7. The molecule has 4 rings (SSSR count). The van der Waals surface area contributed by atoms with Gasteiger partial charge in [0.05, 0.1) is 13.2 Å². The van der Waals surface area contributed by atoms with Gasteiger partial charge in [-0.15, -0.1) is 0 Å². The first kappa shape index (κ1) is 27.8. The Hall–Kier alpha value is -2.21. The van der Waals surface area contributed by atoms with Crippen LogP contribution in [0.2, 0.25) is 0 Å². The summed E-state index contributed by atoms with van der Waals surface area (Å²) in [5.74, 6) is -3.34. The summed E-state index contributed by atoms with van der Waals surface area (Å²) in [6, 6.07) is 6.17. The van der Waals surface area contributed by atoms with Crippen LogP contribution < -0.4 is 5.73 Å². The van der Waals surface area contributed by atoms with Crippen LogP contribution in [0, 0.1) is 0 Å². The average molecular weight is 529 g/mol. The van der Waals surface area contributed by atoms with Crippen LogP contribution in [0.15, 0.2) is 30.5 Å². The monoisotopic (exact) mass is 528 g/mol. The molecule has 2 aromatic rings. The number of carbonyl (C=O) groups excluding carboxylic acids is 1. The zero-order valence-corrected chi connectivity index (χ0v) is 19.7. The number of fused-ring (bicyclic) bond motifs is 1. The largest absolute Gasteiger partial charge is 0.453 e. The highest BCUT2D eigenvalue weighted by Gasteiger charge is 2.59. The number of hydrogen-bond donors (Lipinski definition) is 9. The van der Waals surface area contributed by atoms with Gasteiger partial charge in [-0.2, -0.15) is 0 Å². The number of ether oxygens (including phenoxy) is 4. The fraction of sp³-hybridized carbons (Fsp3) is 0.609. The number of rotatable bonds is 9. The van der Waals surface area contributed by atoms with Crippen molar-refractivity contribution >= 4 is 16.9 Å². The molecule has 10 atom stereocenters. The van der Waals surface area contributed by atoms with Crippen molar-refractivity contribution in [2.24, 2.45) is 5.73 Å². The van der Waals surface area contributed by atoms with E-state index < -0.39 is 86.6 Å². The Balaban J connectivity index is 1.53. The summed E-state index contributed by atoms with van der Waals surface area (Å²) in [4.78, 5) is 16.0. The molecule has 0 saturated carbocycles. The third-order valence-electron chi connectivity index (χ3n) is 6.72. The normalized spacial score (nSPS) is 37.1. The van der Waals surface area contributed by atoms with Gasteiger partial charge in [0.1, 0.15) is 49.3 Å². The van der Waals surface area contributed by atoms with Crippen molar-refractivity contribution < 1.29 is 59.5 Å². The lowest BCUT2D eigenvalue weighted by molar-refractivity contribution is -0.384. The van der Waals surface area contributed by atoms with E-state index in [0.717, 1.165) is 16.5 Å². The van der Waals surface area contributed by atoms with Crippen molar-refractivity contribution in [3.63, 3.8) is 0 Å². The number of aliphatic hydroxyl groups is 7. The number of aromatic nitrogens is 1. The Morgan fingerprint density at radius 3 is 2.41 bits per heavy atom. The number of aromatic amines is 1. The van der Waals surface area contributed by atoms with Crippen molar-refractivity contribution in [1.29, 1.82) is 0 Å². The van der Waals surface area contributed by atoms with E-state index in [0.29, 0.717) is 0 Å². The van der Waals surface area contributed by atoms with Crippen molar-refractivity contribution in [3.05, 3.63) is 36.0 Å². The number of benzene rings is 1. The van der Waals surface area contributed by atoms with Crippen LogP contribution in [0.4, 0.5) is 0 Å². The SMILES string of the molecule is NC(Cc1c[nH]c2ccccc12)C(=O)OC1C(OC2(CO)OC(CO)C(O)C2O)OC(CO)C(O)C1O. The number of nitrogens with one attached hydrogen (secondary N) is 1. The maximum Gasteiger partial charge on any atom is 0.323 e. The molecule has 2 saturated heterocycles. The van der Waals surface area contributed by atoms with Crippen molar-refractivity contribution in [3.8, 4) is 0 Å². The van der Waals surface area contributed by atoms with Crippen LogP contribution in [-0.2, 0) is 30.2 Å². The molecule has 10 N–H and O–H groups in total. The molecule has 14 nitrogen and oxygen atoms in total. The van der Waals surface area contributed by atoms with Crippen molar-refractivity contribution in [1.82, 2.24) is 4.98 Å². The van der Waals surface area contributed by atoms with Gasteiger partial charge in [-0.25, -0.2) is 0 Å². The second kappa shape index (κ2) is 11.3. The molecule has 3 heterocycles. The molecule has 2 aliphatic heterocycles. The Morgan fingerprint density at radius 2 is 1.76 bits per heavy atom. The second-order valence-electron chi connectivity index (χ2n) is 9.14. The molecule has 10 unspecified atom stereocenters. The number of hydrogen-bond acceptors (Lipinski definition) is 13. The highest BCUT2D eigenvalue weighted by Crippen LogP contribution is 2.36. The van der Waals surface area contributed by atoms with Crippen molar-refractivity contribution in [2.45, 2.75) is 67.3 Å². The van der Waals surface area contributed by atoms with Crippen LogP contribution in [0.3, 0.4) is 0 Å². The van der Waals surface area contributed by atoms with E-state index in [1.807, 2.05) is 24.3 Å². The number of esters is 1. The number of nitrogens with two attached hydrogens (primary N) is 1. The van der Waals surface area contributed by atoms with Crippen LogP contribution >= 0.6 is 0 Å². The number of para-hydroxylation sites is 1. The van der Waals surface area contributed by atoms with E-state index in [1.54, 1.807) is 6.20 Å². The van der Waals surface area contributed by atoms with E-state index in [9.17, 15) is 40.5 Å². The predicted octanol–water partition coefficient (Wildman–Crippen LogP) is -3.79. The smallest absolute Gasteiger partial charge is 0.323 e. The van der Waals surface area contributed by atoms with Crippen LogP contribution in [0.1, 0.15) is 5.56 Å². The maximum atomic E-state index is 12.9. The molecule has 14 heteroatoms. The lowest BCUT2D eigenvalue weighted by Gasteiger charge is -2.44. The van der Waals surface area contributed by atoms with Gasteiger partial charge in [0.2, 0.25) is 12.1 Å². The van der Waals surface area contributed by atoms with Gasteiger partial charge in [-0.05, 0) is 11.6 Å². The Bertz CT molecular complexity index is 1070. The number of H-pyrrole nitrogens is 1. The summed E-state index contributed by atoms with van der Waals surface area (Å²) >= 11 is 0. The minimum Gasteiger partial charge on any atom is -0.453 e. The third kappa shape index (κ3) is 5.23. The van der Waals surface area contributed by atoms with Gasteiger partial charge in [0.25, 0.3) is 0 Å². The molecule has 2 aliphatic rings. The second-order valence-corrected chi connectivity index (χ2v) is 9.14. The highest BCUT2D eigenvalue weighted by molar-refractivity contribution is 5.84. The Morgan fingerprint density at radius 1 is 1.05 bits per heavy atom. The first-order chi connectivity index (χ1) is 17.7. The molecular weight excluding hydrogens is 496 g/mol. The van der Waals surface area contributed by atoms with Crippen molar-refractivity contribution in [2.75, 3.05) is 19.8 Å². The predicted molar refractivity (Wildman–Crippen MR) is 122 cm³/mol. The Labute approximate surface area is 210 Å². The molecule has 0 spiro atoms. The van der Waals surface area contributed by atoms with Crippen LogP contribution in [-0.4, -0.2) is 127 Å². The van der Waals surface area contributed by atoms with E-state index in [2.05, 4.69) is 4.98 Å². The molecule has 206 valence electrons. The van der Waals surface area contributed by atoms with Gasteiger partial charge in [-0.3, -0.25) is 4.79 Å². The molecule has 1 aromatic heterocycles. The molecule has 2 fully saturated rings. The minimum atomic E-state index is -2.35. The highest BCUT2D eigenvalue weighted by atomic mass is 16.8. The maximum absolute atomic E-state index is 12.9. The molecule has 0 amide bonds. The summed E-state index contributed by atoms with van der Waals surface area (Å²) in [7, 11) is 0.